The minimum absolute atomic E-state index is 0.588. The number of allylic oxidation sites excluding steroid dienone is 1. The molecule has 0 spiro atoms. The Labute approximate surface area is 91.8 Å². The average molecular weight is 202 g/mol. The molecule has 1 aromatic rings. The maximum absolute atomic E-state index is 5.46. The van der Waals surface area contributed by atoms with E-state index in [9.17, 15) is 0 Å². The minimum atomic E-state index is 0.588. The lowest BCUT2D eigenvalue weighted by Crippen LogP contribution is -2.05. The van der Waals surface area contributed by atoms with Gasteiger partial charge in [-0.15, -0.1) is 0 Å². The van der Waals surface area contributed by atoms with Crippen molar-refractivity contribution in [3.05, 3.63) is 42.0 Å². The quantitative estimate of drug-likeness (QED) is 0.714. The first-order valence-electron chi connectivity index (χ1n) is 5.59. The molecule has 0 amide bonds. The molecule has 1 nitrogen and oxygen atoms in total. The molecule has 15 heavy (non-hydrogen) atoms. The molecule has 1 fully saturated rings. The van der Waals surface area contributed by atoms with Gasteiger partial charge in [0.05, 0.1) is 6.61 Å². The molecule has 0 aliphatic carbocycles. The molecule has 1 saturated heterocycles. The molecule has 0 radical (unpaired) electrons. The van der Waals surface area contributed by atoms with E-state index in [-0.39, 0.29) is 0 Å². The minimum Gasteiger partial charge on any atom is -0.381 e. The Hall–Kier alpha value is -1.08. The monoisotopic (exact) mass is 202 g/mol. The van der Waals surface area contributed by atoms with Gasteiger partial charge < -0.3 is 4.74 Å². The van der Waals surface area contributed by atoms with Crippen molar-refractivity contribution in [1.29, 1.82) is 0 Å². The lowest BCUT2D eigenvalue weighted by molar-refractivity contribution is 0.185. The summed E-state index contributed by atoms with van der Waals surface area (Å²) in [6, 6.07) is 10.5. The Balaban J connectivity index is 2.13. The van der Waals surface area contributed by atoms with Crippen LogP contribution in [0.15, 0.2) is 36.4 Å². The van der Waals surface area contributed by atoms with Gasteiger partial charge in [0.2, 0.25) is 0 Å². The van der Waals surface area contributed by atoms with Crippen molar-refractivity contribution >= 4 is 5.57 Å². The van der Waals surface area contributed by atoms with Gasteiger partial charge in [0.1, 0.15) is 0 Å². The zero-order valence-corrected chi connectivity index (χ0v) is 9.44. The first kappa shape index (κ1) is 10.4. The smallest absolute Gasteiger partial charge is 0.0532 e. The summed E-state index contributed by atoms with van der Waals surface area (Å²) in [5, 5.41) is 0. The Kier molecular flexibility index (Phi) is 3.22. The van der Waals surface area contributed by atoms with Gasteiger partial charge >= 0.3 is 0 Å². The molecule has 1 aliphatic rings. The molecule has 2 atom stereocenters. The fraction of sp³-hybridized carbons (Fsp3) is 0.429. The van der Waals surface area contributed by atoms with Crippen LogP contribution in [-0.4, -0.2) is 13.2 Å². The number of ether oxygens (including phenoxy) is 1. The van der Waals surface area contributed by atoms with Gasteiger partial charge in [-0.2, -0.15) is 0 Å². The summed E-state index contributed by atoms with van der Waals surface area (Å²) < 4.78 is 5.46. The van der Waals surface area contributed by atoms with Crippen molar-refractivity contribution in [2.75, 3.05) is 13.2 Å². The molecule has 2 rings (SSSR count). The third kappa shape index (κ3) is 2.48. The summed E-state index contributed by atoms with van der Waals surface area (Å²) in [5.74, 6) is 1.24. The predicted molar refractivity (Wildman–Crippen MR) is 63.6 cm³/mol. The number of benzene rings is 1. The molecule has 0 aromatic heterocycles. The highest BCUT2D eigenvalue weighted by Crippen LogP contribution is 2.25. The third-order valence-corrected chi connectivity index (χ3v) is 3.12. The molecule has 1 heteroatoms. The third-order valence-electron chi connectivity index (χ3n) is 3.12. The van der Waals surface area contributed by atoms with Crippen molar-refractivity contribution in [2.45, 2.75) is 13.8 Å². The van der Waals surface area contributed by atoms with Crippen LogP contribution in [0.2, 0.25) is 0 Å². The van der Waals surface area contributed by atoms with Gasteiger partial charge in [0.15, 0.2) is 0 Å². The Morgan fingerprint density at radius 3 is 2.60 bits per heavy atom. The van der Waals surface area contributed by atoms with Crippen LogP contribution >= 0.6 is 0 Å². The molecule has 80 valence electrons. The zero-order chi connectivity index (χ0) is 10.7. The fourth-order valence-electron chi connectivity index (χ4n) is 2.01. The predicted octanol–water partition coefficient (Wildman–Crippen LogP) is 3.37. The normalized spacial score (nSPS) is 26.9. The Bertz CT molecular complexity index is 340. The van der Waals surface area contributed by atoms with E-state index < -0.39 is 0 Å². The number of rotatable bonds is 2. The van der Waals surface area contributed by atoms with Gasteiger partial charge in [-0.25, -0.2) is 0 Å². The highest BCUT2D eigenvalue weighted by Gasteiger charge is 2.22. The van der Waals surface area contributed by atoms with E-state index in [1.807, 2.05) is 0 Å². The van der Waals surface area contributed by atoms with Crippen molar-refractivity contribution < 1.29 is 4.74 Å². The fourth-order valence-corrected chi connectivity index (χ4v) is 2.01. The summed E-state index contributed by atoms with van der Waals surface area (Å²) in [6.07, 6.45) is 2.35. The van der Waals surface area contributed by atoms with Gasteiger partial charge in [0.25, 0.3) is 0 Å². The van der Waals surface area contributed by atoms with Gasteiger partial charge in [-0.05, 0) is 24.0 Å². The van der Waals surface area contributed by atoms with E-state index >= 15 is 0 Å². The summed E-state index contributed by atoms with van der Waals surface area (Å²) in [7, 11) is 0. The Morgan fingerprint density at radius 1 is 1.27 bits per heavy atom. The molecular weight excluding hydrogens is 184 g/mol. The van der Waals surface area contributed by atoms with E-state index in [1.54, 1.807) is 0 Å². The molecule has 0 saturated carbocycles. The maximum Gasteiger partial charge on any atom is 0.0532 e. The molecule has 0 N–H and O–H groups in total. The van der Waals surface area contributed by atoms with Crippen molar-refractivity contribution in [1.82, 2.24) is 0 Å². The first-order chi connectivity index (χ1) is 7.27. The van der Waals surface area contributed by atoms with Crippen molar-refractivity contribution in [3.63, 3.8) is 0 Å². The molecule has 0 bridgehead atoms. The summed E-state index contributed by atoms with van der Waals surface area (Å²) in [4.78, 5) is 0. The van der Waals surface area contributed by atoms with Crippen LogP contribution in [0.5, 0.6) is 0 Å². The lowest BCUT2D eigenvalue weighted by Gasteiger charge is -2.09. The van der Waals surface area contributed by atoms with E-state index in [2.05, 4.69) is 50.3 Å². The van der Waals surface area contributed by atoms with Crippen LogP contribution in [0.4, 0.5) is 0 Å². The van der Waals surface area contributed by atoms with Crippen molar-refractivity contribution in [3.8, 4) is 0 Å². The van der Waals surface area contributed by atoms with Gasteiger partial charge in [-0.1, -0.05) is 43.3 Å². The molecular formula is C14H18O. The topological polar surface area (TPSA) is 9.23 Å². The highest BCUT2D eigenvalue weighted by atomic mass is 16.5. The van der Waals surface area contributed by atoms with E-state index in [0.29, 0.717) is 11.8 Å². The lowest BCUT2D eigenvalue weighted by atomic mass is 9.94. The van der Waals surface area contributed by atoms with Crippen LogP contribution < -0.4 is 0 Å². The average Bonchev–Trinajstić information content (AvgIpc) is 2.66. The van der Waals surface area contributed by atoms with E-state index in [1.165, 1.54) is 11.1 Å². The second kappa shape index (κ2) is 4.63. The Morgan fingerprint density at radius 2 is 2.00 bits per heavy atom. The number of hydrogen-bond donors (Lipinski definition) is 0. The van der Waals surface area contributed by atoms with Gasteiger partial charge in [0, 0.05) is 12.5 Å². The zero-order valence-electron chi connectivity index (χ0n) is 9.44. The van der Waals surface area contributed by atoms with Crippen LogP contribution in [0.25, 0.3) is 5.57 Å². The van der Waals surface area contributed by atoms with Gasteiger partial charge in [-0.3, -0.25) is 0 Å². The number of hydrogen-bond acceptors (Lipinski definition) is 1. The second-order valence-corrected chi connectivity index (χ2v) is 4.39. The summed E-state index contributed by atoms with van der Waals surface area (Å²) in [5.41, 5.74) is 2.68. The maximum atomic E-state index is 5.46. The molecule has 1 heterocycles. The van der Waals surface area contributed by atoms with Crippen LogP contribution in [0, 0.1) is 11.8 Å². The summed E-state index contributed by atoms with van der Waals surface area (Å²) >= 11 is 0. The standard InChI is InChI=1S/C14H18O/c1-11(13-6-4-3-5-7-13)8-14-10-15-9-12(14)2/h3-8,12,14H,9-10H2,1-2H3/b11-8+/t12-,14-/m0/s1. The first-order valence-corrected chi connectivity index (χ1v) is 5.59. The molecule has 1 aromatic carbocycles. The van der Waals surface area contributed by atoms with E-state index in [0.717, 1.165) is 13.2 Å². The largest absolute Gasteiger partial charge is 0.381 e. The van der Waals surface area contributed by atoms with Crippen LogP contribution in [0.3, 0.4) is 0 Å². The van der Waals surface area contributed by atoms with Crippen molar-refractivity contribution in [2.24, 2.45) is 11.8 Å². The van der Waals surface area contributed by atoms with Crippen LogP contribution in [0.1, 0.15) is 19.4 Å². The SMILES string of the molecule is C/C(=C\[C@H]1COC[C@@H]1C)c1ccccc1. The second-order valence-electron chi connectivity index (χ2n) is 4.39. The van der Waals surface area contributed by atoms with E-state index in [4.69, 9.17) is 4.74 Å². The summed E-state index contributed by atoms with van der Waals surface area (Å²) in [6.45, 7) is 6.22. The highest BCUT2D eigenvalue weighted by molar-refractivity contribution is 5.63. The molecule has 1 aliphatic heterocycles. The van der Waals surface area contributed by atoms with Crippen LogP contribution in [-0.2, 0) is 4.74 Å². The molecule has 0 unspecified atom stereocenters.